The largest absolute Gasteiger partial charge is 0.493 e. The highest BCUT2D eigenvalue weighted by atomic mass is 19.2. The van der Waals surface area contributed by atoms with Crippen LogP contribution in [-0.4, -0.2) is 33.5 Å². The Morgan fingerprint density at radius 2 is 1.32 bits per heavy atom. The number of hydrazone groups is 1. The molecule has 0 unspecified atom stereocenters. The maximum atomic E-state index is 13.6. The van der Waals surface area contributed by atoms with Crippen molar-refractivity contribution in [3.05, 3.63) is 52.3 Å². The van der Waals surface area contributed by atoms with Gasteiger partial charge in [0, 0.05) is 5.56 Å². The lowest BCUT2D eigenvalue weighted by Crippen LogP contribution is -2.18. The fraction of sp³-hybridized carbons (Fsp3) is 0.176. The van der Waals surface area contributed by atoms with E-state index >= 15 is 0 Å². The maximum absolute atomic E-state index is 13.6. The van der Waals surface area contributed by atoms with Crippen LogP contribution in [0.4, 0.5) is 22.0 Å². The summed E-state index contributed by atoms with van der Waals surface area (Å²) in [4.78, 5) is 12.2. The number of hydrogen-bond acceptors (Lipinski definition) is 5. The van der Waals surface area contributed by atoms with Crippen LogP contribution in [0.3, 0.4) is 0 Å². The lowest BCUT2D eigenvalue weighted by molar-refractivity contribution is 0.0954. The molecule has 2 aromatic carbocycles. The molecule has 1 N–H and O–H groups in total. The summed E-state index contributed by atoms with van der Waals surface area (Å²) in [6.07, 6.45) is 0.298. The smallest absolute Gasteiger partial charge is 0.271 e. The molecule has 0 bridgehead atoms. The van der Waals surface area contributed by atoms with Crippen LogP contribution in [0.5, 0.6) is 17.2 Å². The molecule has 0 heterocycles. The molecule has 0 fully saturated rings. The van der Waals surface area contributed by atoms with Crippen molar-refractivity contribution in [3.8, 4) is 17.2 Å². The van der Waals surface area contributed by atoms with E-state index in [1.54, 1.807) is 0 Å². The van der Waals surface area contributed by atoms with Crippen LogP contribution in [0.25, 0.3) is 0 Å². The zero-order valence-electron chi connectivity index (χ0n) is 14.7. The highest BCUT2D eigenvalue weighted by Gasteiger charge is 2.24. The molecular formula is C17H13F5N2O4. The van der Waals surface area contributed by atoms with Gasteiger partial charge >= 0.3 is 0 Å². The van der Waals surface area contributed by atoms with Gasteiger partial charge in [-0.3, -0.25) is 4.79 Å². The Bertz CT molecular complexity index is 896. The molecular weight excluding hydrogens is 391 g/mol. The van der Waals surface area contributed by atoms with E-state index in [1.807, 2.05) is 5.43 Å². The topological polar surface area (TPSA) is 69.2 Å². The molecule has 0 spiro atoms. The van der Waals surface area contributed by atoms with Crippen molar-refractivity contribution in [1.82, 2.24) is 5.43 Å². The average Bonchev–Trinajstić information content (AvgIpc) is 2.71. The molecule has 0 aliphatic heterocycles. The number of carbonyl (C=O) groups excluding carboxylic acids is 1. The highest BCUT2D eigenvalue weighted by Crippen LogP contribution is 2.38. The summed E-state index contributed by atoms with van der Waals surface area (Å²) in [5.41, 5.74) is 0.560. The van der Waals surface area contributed by atoms with Crippen LogP contribution in [0.15, 0.2) is 17.2 Å². The lowest BCUT2D eigenvalue weighted by atomic mass is 10.1. The summed E-state index contributed by atoms with van der Waals surface area (Å²) in [7, 11) is 4.00. The van der Waals surface area contributed by atoms with Crippen LogP contribution >= 0.6 is 0 Å². The monoisotopic (exact) mass is 404 g/mol. The molecule has 0 aliphatic carbocycles. The molecule has 6 nitrogen and oxygen atoms in total. The van der Waals surface area contributed by atoms with Gasteiger partial charge in [-0.15, -0.1) is 0 Å². The van der Waals surface area contributed by atoms with Gasteiger partial charge in [-0.2, -0.15) is 5.10 Å². The SMILES string of the molecule is COc1cc(C(=O)N/N=C/c2c(F)c(F)c(F)c(F)c2F)cc(OC)c1OC. The first kappa shape index (κ1) is 20.9. The van der Waals surface area contributed by atoms with Crippen LogP contribution in [-0.2, 0) is 0 Å². The van der Waals surface area contributed by atoms with Gasteiger partial charge in [-0.05, 0) is 12.1 Å². The zero-order valence-corrected chi connectivity index (χ0v) is 14.7. The number of rotatable bonds is 6. The van der Waals surface area contributed by atoms with E-state index in [2.05, 4.69) is 5.10 Å². The van der Waals surface area contributed by atoms with Crippen molar-refractivity contribution in [2.45, 2.75) is 0 Å². The summed E-state index contributed by atoms with van der Waals surface area (Å²) in [6.45, 7) is 0. The van der Waals surface area contributed by atoms with E-state index in [1.165, 1.54) is 33.5 Å². The molecule has 2 rings (SSSR count). The highest BCUT2D eigenvalue weighted by molar-refractivity contribution is 5.96. The predicted octanol–water partition coefficient (Wildman–Crippen LogP) is 3.17. The minimum Gasteiger partial charge on any atom is -0.493 e. The summed E-state index contributed by atoms with van der Waals surface area (Å²) in [6, 6.07) is 2.54. The first-order chi connectivity index (χ1) is 13.3. The Kier molecular flexibility index (Phi) is 6.39. The molecule has 0 saturated heterocycles. The molecule has 11 heteroatoms. The van der Waals surface area contributed by atoms with Crippen molar-refractivity contribution in [3.63, 3.8) is 0 Å². The van der Waals surface area contributed by atoms with Crippen molar-refractivity contribution < 1.29 is 41.0 Å². The van der Waals surface area contributed by atoms with Crippen LogP contribution in [0, 0.1) is 29.1 Å². The Morgan fingerprint density at radius 3 is 1.75 bits per heavy atom. The van der Waals surface area contributed by atoms with Gasteiger partial charge in [-0.25, -0.2) is 27.4 Å². The number of methoxy groups -OCH3 is 3. The lowest BCUT2D eigenvalue weighted by Gasteiger charge is -2.13. The van der Waals surface area contributed by atoms with Crippen molar-refractivity contribution in [1.29, 1.82) is 0 Å². The Balaban J connectivity index is 2.31. The summed E-state index contributed by atoms with van der Waals surface area (Å²) in [5, 5.41) is 3.23. The minimum absolute atomic E-state index is 0.0379. The average molecular weight is 404 g/mol. The number of halogens is 5. The standard InChI is InChI=1S/C17H13F5N2O4/c1-26-9-4-7(5-10(27-2)16(9)28-3)17(25)24-23-6-8-11(18)13(20)15(22)14(21)12(8)19/h4-6H,1-3H3,(H,24,25)/b23-6+. The number of hydrogen-bond donors (Lipinski definition) is 1. The van der Waals surface area contributed by atoms with E-state index in [9.17, 15) is 26.7 Å². The van der Waals surface area contributed by atoms with Crippen molar-refractivity contribution in [2.75, 3.05) is 21.3 Å². The number of nitrogens with one attached hydrogen (secondary N) is 1. The third kappa shape index (κ3) is 3.82. The first-order valence-corrected chi connectivity index (χ1v) is 7.41. The van der Waals surface area contributed by atoms with E-state index < -0.39 is 40.6 Å². The van der Waals surface area contributed by atoms with Crippen molar-refractivity contribution in [2.24, 2.45) is 5.10 Å². The second-order valence-electron chi connectivity index (χ2n) is 5.10. The van der Waals surface area contributed by atoms with Crippen LogP contribution in [0.2, 0.25) is 0 Å². The summed E-state index contributed by atoms with van der Waals surface area (Å²) >= 11 is 0. The van der Waals surface area contributed by atoms with Gasteiger partial charge in [-0.1, -0.05) is 0 Å². The summed E-state index contributed by atoms with van der Waals surface area (Å²) in [5.74, 6) is -11.1. The van der Waals surface area contributed by atoms with Gasteiger partial charge in [0.1, 0.15) is 0 Å². The Hall–Kier alpha value is -3.37. The van der Waals surface area contributed by atoms with E-state index in [0.29, 0.717) is 6.21 Å². The Labute approximate surface area is 155 Å². The third-order valence-electron chi connectivity index (χ3n) is 3.53. The third-order valence-corrected chi connectivity index (χ3v) is 3.53. The van der Waals surface area contributed by atoms with E-state index in [0.717, 1.165) is 0 Å². The number of nitrogens with zero attached hydrogens (tertiary/aromatic N) is 1. The second kappa shape index (κ2) is 8.55. The molecule has 0 atom stereocenters. The molecule has 0 aliphatic rings. The predicted molar refractivity (Wildman–Crippen MR) is 87.4 cm³/mol. The molecule has 28 heavy (non-hydrogen) atoms. The van der Waals surface area contributed by atoms with E-state index in [4.69, 9.17) is 14.2 Å². The van der Waals surface area contributed by atoms with Gasteiger partial charge in [0.15, 0.2) is 34.8 Å². The normalized spacial score (nSPS) is 10.9. The fourth-order valence-electron chi connectivity index (χ4n) is 2.17. The number of benzene rings is 2. The first-order valence-electron chi connectivity index (χ1n) is 7.41. The van der Waals surface area contributed by atoms with Gasteiger partial charge < -0.3 is 14.2 Å². The van der Waals surface area contributed by atoms with E-state index in [-0.39, 0.29) is 22.8 Å². The van der Waals surface area contributed by atoms with Crippen LogP contribution in [0.1, 0.15) is 15.9 Å². The molecule has 0 saturated carbocycles. The number of ether oxygens (including phenoxy) is 3. The number of amides is 1. The Morgan fingerprint density at radius 1 is 0.857 bits per heavy atom. The molecule has 2 aromatic rings. The minimum atomic E-state index is -2.30. The van der Waals surface area contributed by atoms with Crippen LogP contribution < -0.4 is 19.6 Å². The van der Waals surface area contributed by atoms with Gasteiger partial charge in [0.25, 0.3) is 5.91 Å². The molecule has 0 radical (unpaired) electrons. The van der Waals surface area contributed by atoms with Gasteiger partial charge in [0.05, 0.1) is 33.1 Å². The quantitative estimate of drug-likeness (QED) is 0.264. The van der Waals surface area contributed by atoms with Crippen molar-refractivity contribution >= 4 is 12.1 Å². The summed E-state index contributed by atoms with van der Waals surface area (Å²) < 4.78 is 81.6. The van der Waals surface area contributed by atoms with Gasteiger partial charge in [0.2, 0.25) is 11.6 Å². The molecule has 150 valence electrons. The molecule has 0 aromatic heterocycles. The second-order valence-corrected chi connectivity index (χ2v) is 5.10. The molecule has 1 amide bonds. The number of carbonyl (C=O) groups is 1. The fourth-order valence-corrected chi connectivity index (χ4v) is 2.17. The maximum Gasteiger partial charge on any atom is 0.271 e. The zero-order chi connectivity index (χ0) is 21.0.